The van der Waals surface area contributed by atoms with Crippen molar-refractivity contribution in [2.45, 2.75) is 89.5 Å². The van der Waals surface area contributed by atoms with E-state index in [0.717, 1.165) is 31.7 Å². The Morgan fingerprint density at radius 1 is 0.703 bits per heavy atom. The molecule has 204 valence electrons. The van der Waals surface area contributed by atoms with Gasteiger partial charge in [0.2, 0.25) is 0 Å². The fourth-order valence-electron chi connectivity index (χ4n) is 5.31. The van der Waals surface area contributed by atoms with Crippen LogP contribution in [-0.2, 0) is 10.9 Å². The predicted molar refractivity (Wildman–Crippen MR) is 127 cm³/mol. The molecule has 0 saturated heterocycles. The van der Waals surface area contributed by atoms with Crippen LogP contribution in [0.5, 0.6) is 17.2 Å². The second kappa shape index (κ2) is 11.1. The van der Waals surface area contributed by atoms with E-state index in [4.69, 9.17) is 14.2 Å². The first-order valence-corrected chi connectivity index (χ1v) is 12.7. The number of hydrogen-bond donors (Lipinski definition) is 0. The molecule has 0 spiro atoms. The van der Waals surface area contributed by atoms with E-state index in [1.165, 1.54) is 19.1 Å². The van der Waals surface area contributed by atoms with Crippen LogP contribution in [0.3, 0.4) is 0 Å². The lowest BCUT2D eigenvalue weighted by molar-refractivity contribution is -0.209. The van der Waals surface area contributed by atoms with Gasteiger partial charge in [-0.3, -0.25) is 0 Å². The summed E-state index contributed by atoms with van der Waals surface area (Å²) < 4.78 is 97.0. The summed E-state index contributed by atoms with van der Waals surface area (Å²) in [6, 6.07) is 10.5. The zero-order valence-electron chi connectivity index (χ0n) is 20.9. The molecule has 2 aliphatic rings. The van der Waals surface area contributed by atoms with Gasteiger partial charge in [0.05, 0.1) is 29.8 Å². The third-order valence-electron chi connectivity index (χ3n) is 7.45. The van der Waals surface area contributed by atoms with Crippen molar-refractivity contribution in [2.24, 2.45) is 11.8 Å². The highest BCUT2D eigenvalue weighted by Gasteiger charge is 2.46. The highest BCUT2D eigenvalue weighted by atomic mass is 19.4. The number of benzene rings is 2. The van der Waals surface area contributed by atoms with E-state index >= 15 is 0 Å². The predicted octanol–water partition coefficient (Wildman–Crippen LogP) is 8.88. The average molecular weight is 531 g/mol. The molecule has 0 radical (unpaired) electrons. The molecule has 2 unspecified atom stereocenters. The molecule has 0 N–H and O–H groups in total. The molecule has 0 heterocycles. The van der Waals surface area contributed by atoms with Crippen LogP contribution < -0.4 is 9.47 Å². The summed E-state index contributed by atoms with van der Waals surface area (Å²) in [5.74, 6) is -0.559. The summed E-state index contributed by atoms with van der Waals surface area (Å²) in [7, 11) is 0. The van der Waals surface area contributed by atoms with Crippen LogP contribution in [-0.4, -0.2) is 24.5 Å². The van der Waals surface area contributed by atoms with Crippen molar-refractivity contribution in [3.8, 4) is 17.2 Å². The second-order valence-corrected chi connectivity index (χ2v) is 10.3. The van der Waals surface area contributed by atoms with Gasteiger partial charge in [-0.05, 0) is 99.7 Å². The van der Waals surface area contributed by atoms with Gasteiger partial charge < -0.3 is 14.2 Å². The Labute approximate surface area is 213 Å². The molecule has 3 nitrogen and oxygen atoms in total. The zero-order chi connectivity index (χ0) is 26.8. The van der Waals surface area contributed by atoms with Crippen LogP contribution in [0.1, 0.15) is 63.0 Å². The molecular formula is C28H32F6O3. The second-order valence-electron chi connectivity index (χ2n) is 10.3. The molecule has 9 heteroatoms. The third kappa shape index (κ3) is 7.33. The highest BCUT2D eigenvalue weighted by molar-refractivity contribution is 5.40. The standard InChI is InChI=1S/C28H32F6O3/c1-17-3-5-23(15-25(17)27(29,30)31)36-21-11-7-19(8-12-21)35-20-9-13-22(14-10-20)37-24-6-4-18(2)26(16-24)28(32,33)34/h3,5,7-8,11-12,15,18,20,22,24,26H,4,6,9-10,13-14,16H2,1-2H3/t18?,20?,22?,24-,26?/m1/s1. The number of hydrogen-bond acceptors (Lipinski definition) is 3. The SMILES string of the molecule is Cc1ccc(Oc2ccc(OC3CCC(O[C@@H]4CCC(C)C(C(F)(F)F)C4)CC3)cc2)cc1C(F)(F)F. The smallest absolute Gasteiger partial charge is 0.416 e. The largest absolute Gasteiger partial charge is 0.490 e. The number of alkyl halides is 6. The summed E-state index contributed by atoms with van der Waals surface area (Å²) in [6.07, 6.45) is -4.92. The Morgan fingerprint density at radius 3 is 1.89 bits per heavy atom. The van der Waals surface area contributed by atoms with Crippen LogP contribution in [0.2, 0.25) is 0 Å². The summed E-state index contributed by atoms with van der Waals surface area (Å²) >= 11 is 0. The maximum absolute atomic E-state index is 13.3. The van der Waals surface area contributed by atoms with Crippen molar-refractivity contribution in [1.29, 1.82) is 0 Å². The number of aryl methyl sites for hydroxylation is 1. The van der Waals surface area contributed by atoms with Crippen molar-refractivity contribution in [1.82, 2.24) is 0 Å². The van der Waals surface area contributed by atoms with Gasteiger partial charge in [-0.25, -0.2) is 0 Å². The molecule has 0 aromatic heterocycles. The Hall–Kier alpha value is -2.42. The minimum atomic E-state index is -4.45. The van der Waals surface area contributed by atoms with Crippen molar-refractivity contribution in [3.05, 3.63) is 53.6 Å². The molecule has 2 fully saturated rings. The zero-order valence-corrected chi connectivity index (χ0v) is 20.9. The van der Waals surface area contributed by atoms with Gasteiger partial charge in [0, 0.05) is 0 Å². The molecule has 2 saturated carbocycles. The van der Waals surface area contributed by atoms with Gasteiger partial charge in [0.25, 0.3) is 0 Å². The van der Waals surface area contributed by atoms with Crippen LogP contribution in [0, 0.1) is 18.8 Å². The third-order valence-corrected chi connectivity index (χ3v) is 7.45. The number of rotatable bonds is 6. The summed E-state index contributed by atoms with van der Waals surface area (Å²) in [6.45, 7) is 3.07. The van der Waals surface area contributed by atoms with E-state index in [2.05, 4.69) is 0 Å². The summed E-state index contributed by atoms with van der Waals surface area (Å²) in [5, 5.41) is 0. The normalized spacial score (nSPS) is 27.1. The van der Waals surface area contributed by atoms with Gasteiger partial charge in [0.1, 0.15) is 17.2 Å². The molecule has 37 heavy (non-hydrogen) atoms. The first kappa shape index (κ1) is 27.6. The van der Waals surface area contributed by atoms with Gasteiger partial charge in [-0.2, -0.15) is 26.3 Å². The lowest BCUT2D eigenvalue weighted by atomic mass is 9.78. The summed E-state index contributed by atoms with van der Waals surface area (Å²) in [4.78, 5) is 0. The van der Waals surface area contributed by atoms with E-state index in [-0.39, 0.29) is 42.0 Å². The van der Waals surface area contributed by atoms with Crippen molar-refractivity contribution < 1.29 is 40.6 Å². The first-order chi connectivity index (χ1) is 17.4. The molecule has 2 aromatic rings. The van der Waals surface area contributed by atoms with Gasteiger partial charge in [-0.15, -0.1) is 0 Å². The maximum atomic E-state index is 13.3. The van der Waals surface area contributed by atoms with Crippen molar-refractivity contribution in [2.75, 3.05) is 0 Å². The fraction of sp³-hybridized carbons (Fsp3) is 0.571. The van der Waals surface area contributed by atoms with E-state index in [9.17, 15) is 26.3 Å². The topological polar surface area (TPSA) is 27.7 Å². The van der Waals surface area contributed by atoms with E-state index in [1.807, 2.05) is 0 Å². The molecule has 2 aromatic carbocycles. The van der Waals surface area contributed by atoms with Crippen LogP contribution in [0.25, 0.3) is 0 Å². The van der Waals surface area contributed by atoms with Gasteiger partial charge in [-0.1, -0.05) is 13.0 Å². The molecule has 0 aliphatic heterocycles. The Morgan fingerprint density at radius 2 is 1.27 bits per heavy atom. The van der Waals surface area contributed by atoms with E-state index < -0.39 is 23.8 Å². The van der Waals surface area contributed by atoms with Crippen LogP contribution in [0.15, 0.2) is 42.5 Å². The molecular weight excluding hydrogens is 498 g/mol. The minimum Gasteiger partial charge on any atom is -0.490 e. The Bertz CT molecular complexity index is 1030. The quantitative estimate of drug-likeness (QED) is 0.349. The van der Waals surface area contributed by atoms with Crippen molar-refractivity contribution >= 4 is 0 Å². The Kier molecular flexibility index (Phi) is 8.31. The maximum Gasteiger partial charge on any atom is 0.416 e. The molecule has 4 rings (SSSR count). The minimum absolute atomic E-state index is 0.0348. The lowest BCUT2D eigenvalue weighted by Crippen LogP contribution is -2.39. The van der Waals surface area contributed by atoms with E-state index in [1.54, 1.807) is 31.2 Å². The lowest BCUT2D eigenvalue weighted by Gasteiger charge is -2.38. The fourth-order valence-corrected chi connectivity index (χ4v) is 5.31. The first-order valence-electron chi connectivity index (χ1n) is 12.7. The van der Waals surface area contributed by atoms with Crippen LogP contribution in [0.4, 0.5) is 26.3 Å². The number of ether oxygens (including phenoxy) is 3. The Balaban J connectivity index is 1.24. The van der Waals surface area contributed by atoms with Crippen LogP contribution >= 0.6 is 0 Å². The van der Waals surface area contributed by atoms with Crippen molar-refractivity contribution in [3.63, 3.8) is 0 Å². The number of halogens is 6. The monoisotopic (exact) mass is 530 g/mol. The molecule has 3 atom stereocenters. The molecule has 0 amide bonds. The van der Waals surface area contributed by atoms with E-state index in [0.29, 0.717) is 24.3 Å². The summed E-state index contributed by atoms with van der Waals surface area (Å²) in [5.41, 5.74) is -0.606. The molecule has 0 bridgehead atoms. The van der Waals surface area contributed by atoms with Gasteiger partial charge >= 0.3 is 12.4 Å². The highest BCUT2D eigenvalue weighted by Crippen LogP contribution is 2.43. The van der Waals surface area contributed by atoms with Gasteiger partial charge in [0.15, 0.2) is 0 Å². The molecule has 2 aliphatic carbocycles. The average Bonchev–Trinajstić information content (AvgIpc) is 2.82.